The number of carbonyl (C=O) groups is 1. The van der Waals surface area contributed by atoms with Gasteiger partial charge in [0.2, 0.25) is 5.91 Å². The largest absolute Gasteiger partial charge is 0.339 e. The van der Waals surface area contributed by atoms with Crippen molar-refractivity contribution in [2.75, 3.05) is 6.54 Å². The number of pyridine rings is 1. The summed E-state index contributed by atoms with van der Waals surface area (Å²) in [4.78, 5) is 18.3. The molecule has 17 heavy (non-hydrogen) atoms. The van der Waals surface area contributed by atoms with Crippen molar-refractivity contribution in [2.24, 2.45) is 0 Å². The fourth-order valence-electron chi connectivity index (χ4n) is 2.53. The number of hydrogen-bond donors (Lipinski definition) is 0. The van der Waals surface area contributed by atoms with Crippen molar-refractivity contribution in [3.8, 4) is 0 Å². The predicted molar refractivity (Wildman–Crippen MR) is 67.6 cm³/mol. The number of carbonyl (C=O) groups excluding carboxylic acids is 1. The second kappa shape index (κ2) is 5.80. The van der Waals surface area contributed by atoms with Crippen LogP contribution in [0.15, 0.2) is 24.5 Å². The molecule has 1 aromatic rings. The summed E-state index contributed by atoms with van der Waals surface area (Å²) in [5, 5.41) is 0. The quantitative estimate of drug-likeness (QED) is 0.802. The van der Waals surface area contributed by atoms with E-state index in [0.29, 0.717) is 12.5 Å². The first-order valence-electron chi connectivity index (χ1n) is 6.49. The van der Waals surface area contributed by atoms with Crippen LogP contribution in [0, 0.1) is 0 Å². The fourth-order valence-corrected chi connectivity index (χ4v) is 2.53. The lowest BCUT2D eigenvalue weighted by Crippen LogP contribution is -2.44. The van der Waals surface area contributed by atoms with E-state index in [1.54, 1.807) is 12.4 Å². The van der Waals surface area contributed by atoms with Gasteiger partial charge in [-0.3, -0.25) is 9.78 Å². The number of nitrogens with zero attached hydrogens (tertiary/aromatic N) is 2. The van der Waals surface area contributed by atoms with E-state index < -0.39 is 0 Å². The van der Waals surface area contributed by atoms with Crippen LogP contribution in [0.1, 0.15) is 38.2 Å². The molecule has 1 unspecified atom stereocenters. The zero-order chi connectivity index (χ0) is 12.1. The van der Waals surface area contributed by atoms with Gasteiger partial charge in [0.15, 0.2) is 0 Å². The molecular formula is C14H20N2O. The minimum atomic E-state index is 0.266. The molecule has 1 aliphatic rings. The van der Waals surface area contributed by atoms with Gasteiger partial charge in [-0.05, 0) is 43.4 Å². The van der Waals surface area contributed by atoms with Crippen LogP contribution in [-0.4, -0.2) is 28.4 Å². The van der Waals surface area contributed by atoms with Crippen molar-refractivity contribution < 1.29 is 4.79 Å². The second-order valence-corrected chi connectivity index (χ2v) is 4.68. The van der Waals surface area contributed by atoms with Gasteiger partial charge < -0.3 is 4.90 Å². The van der Waals surface area contributed by atoms with Crippen molar-refractivity contribution >= 4 is 5.91 Å². The van der Waals surface area contributed by atoms with E-state index in [-0.39, 0.29) is 5.91 Å². The molecule has 3 nitrogen and oxygen atoms in total. The van der Waals surface area contributed by atoms with Crippen molar-refractivity contribution in [3.05, 3.63) is 30.1 Å². The maximum absolute atomic E-state index is 12.2. The first-order chi connectivity index (χ1) is 8.31. The first-order valence-corrected chi connectivity index (χ1v) is 6.49. The molecule has 0 aromatic carbocycles. The molecule has 1 amide bonds. The molecular weight excluding hydrogens is 212 g/mol. The maximum atomic E-state index is 12.2. The Labute approximate surface area is 103 Å². The van der Waals surface area contributed by atoms with E-state index in [4.69, 9.17) is 0 Å². The SMILES string of the molecule is CCC1CCCCN1C(=O)Cc1ccncc1. The highest BCUT2D eigenvalue weighted by Crippen LogP contribution is 2.20. The Balaban J connectivity index is 1.99. The van der Waals surface area contributed by atoms with E-state index in [1.807, 2.05) is 12.1 Å². The Morgan fingerprint density at radius 2 is 2.18 bits per heavy atom. The van der Waals surface area contributed by atoms with E-state index in [9.17, 15) is 4.79 Å². The van der Waals surface area contributed by atoms with E-state index in [2.05, 4.69) is 16.8 Å². The molecule has 1 aromatic heterocycles. The highest BCUT2D eigenvalue weighted by molar-refractivity contribution is 5.79. The molecule has 1 saturated heterocycles. The molecule has 92 valence electrons. The molecule has 1 aliphatic heterocycles. The van der Waals surface area contributed by atoms with E-state index >= 15 is 0 Å². The highest BCUT2D eigenvalue weighted by Gasteiger charge is 2.24. The third-order valence-electron chi connectivity index (χ3n) is 3.52. The fraction of sp³-hybridized carbons (Fsp3) is 0.571. The Morgan fingerprint density at radius 1 is 1.41 bits per heavy atom. The van der Waals surface area contributed by atoms with Gasteiger partial charge in [-0.25, -0.2) is 0 Å². The Hall–Kier alpha value is -1.38. The lowest BCUT2D eigenvalue weighted by Gasteiger charge is -2.35. The van der Waals surface area contributed by atoms with Crippen molar-refractivity contribution in [2.45, 2.75) is 45.1 Å². The number of hydrogen-bond acceptors (Lipinski definition) is 2. The summed E-state index contributed by atoms with van der Waals surface area (Å²) in [7, 11) is 0. The normalized spacial score (nSPS) is 20.3. The van der Waals surface area contributed by atoms with Crippen LogP contribution >= 0.6 is 0 Å². The van der Waals surface area contributed by atoms with Gasteiger partial charge in [-0.1, -0.05) is 6.92 Å². The van der Waals surface area contributed by atoms with Gasteiger partial charge in [0, 0.05) is 25.0 Å². The van der Waals surface area contributed by atoms with Crippen LogP contribution in [0.25, 0.3) is 0 Å². The minimum absolute atomic E-state index is 0.266. The van der Waals surface area contributed by atoms with Gasteiger partial charge in [-0.15, -0.1) is 0 Å². The van der Waals surface area contributed by atoms with Gasteiger partial charge >= 0.3 is 0 Å². The molecule has 0 radical (unpaired) electrons. The Bertz CT molecular complexity index is 364. The summed E-state index contributed by atoms with van der Waals surface area (Å²) in [6.07, 6.45) is 8.65. The summed E-state index contributed by atoms with van der Waals surface area (Å²) in [5.74, 6) is 0.266. The van der Waals surface area contributed by atoms with Crippen LogP contribution in [-0.2, 0) is 11.2 Å². The summed E-state index contributed by atoms with van der Waals surface area (Å²) in [5.41, 5.74) is 1.06. The average Bonchev–Trinajstić information content (AvgIpc) is 2.40. The van der Waals surface area contributed by atoms with Crippen LogP contribution in [0.3, 0.4) is 0 Å². The molecule has 0 bridgehead atoms. The standard InChI is InChI=1S/C14H20N2O/c1-2-13-5-3-4-10-16(13)14(17)11-12-6-8-15-9-7-12/h6-9,13H,2-5,10-11H2,1H3. The van der Waals surface area contributed by atoms with Crippen LogP contribution < -0.4 is 0 Å². The van der Waals surface area contributed by atoms with Gasteiger partial charge in [-0.2, -0.15) is 0 Å². The highest BCUT2D eigenvalue weighted by atomic mass is 16.2. The van der Waals surface area contributed by atoms with Crippen molar-refractivity contribution in [1.29, 1.82) is 0 Å². The topological polar surface area (TPSA) is 33.2 Å². The molecule has 3 heteroatoms. The third-order valence-corrected chi connectivity index (χ3v) is 3.52. The van der Waals surface area contributed by atoms with Crippen LogP contribution in [0.5, 0.6) is 0 Å². The first kappa shape index (κ1) is 12.1. The van der Waals surface area contributed by atoms with Crippen molar-refractivity contribution in [1.82, 2.24) is 9.88 Å². The molecule has 1 fully saturated rings. The molecule has 0 spiro atoms. The number of piperidine rings is 1. The second-order valence-electron chi connectivity index (χ2n) is 4.68. The van der Waals surface area contributed by atoms with Crippen LogP contribution in [0.4, 0.5) is 0 Å². The van der Waals surface area contributed by atoms with Crippen molar-refractivity contribution in [3.63, 3.8) is 0 Å². The zero-order valence-corrected chi connectivity index (χ0v) is 10.4. The minimum Gasteiger partial charge on any atom is -0.339 e. The number of rotatable bonds is 3. The molecule has 0 saturated carbocycles. The van der Waals surface area contributed by atoms with Gasteiger partial charge in [0.25, 0.3) is 0 Å². The average molecular weight is 232 g/mol. The molecule has 0 aliphatic carbocycles. The summed E-state index contributed by atoms with van der Waals surface area (Å²) in [6, 6.07) is 4.30. The summed E-state index contributed by atoms with van der Waals surface area (Å²) in [6.45, 7) is 3.10. The van der Waals surface area contributed by atoms with Gasteiger partial charge in [0.1, 0.15) is 0 Å². The summed E-state index contributed by atoms with van der Waals surface area (Å²) >= 11 is 0. The smallest absolute Gasteiger partial charge is 0.227 e. The van der Waals surface area contributed by atoms with E-state index in [0.717, 1.165) is 24.9 Å². The van der Waals surface area contributed by atoms with E-state index in [1.165, 1.54) is 12.8 Å². The Kier molecular flexibility index (Phi) is 4.13. The molecule has 1 atom stereocenters. The van der Waals surface area contributed by atoms with Gasteiger partial charge in [0.05, 0.1) is 6.42 Å². The lowest BCUT2D eigenvalue weighted by atomic mass is 9.99. The molecule has 0 N–H and O–H groups in total. The molecule has 2 heterocycles. The zero-order valence-electron chi connectivity index (χ0n) is 10.4. The van der Waals surface area contributed by atoms with Crippen LogP contribution in [0.2, 0.25) is 0 Å². The summed E-state index contributed by atoms with van der Waals surface area (Å²) < 4.78 is 0. The molecule has 2 rings (SSSR count). The number of likely N-dealkylation sites (tertiary alicyclic amines) is 1. The predicted octanol–water partition coefficient (Wildman–Crippen LogP) is 2.42. The Morgan fingerprint density at radius 3 is 2.88 bits per heavy atom. The number of amides is 1. The lowest BCUT2D eigenvalue weighted by molar-refractivity contribution is -0.134. The number of aromatic nitrogens is 1. The maximum Gasteiger partial charge on any atom is 0.227 e. The monoisotopic (exact) mass is 232 g/mol. The third kappa shape index (κ3) is 3.05.